The summed E-state index contributed by atoms with van der Waals surface area (Å²) >= 11 is 12.5. The molecule has 1 saturated heterocycles. The Bertz CT molecular complexity index is 1250. The first-order chi connectivity index (χ1) is 16.2. The summed E-state index contributed by atoms with van der Waals surface area (Å²) in [6.45, 7) is 1.56. The van der Waals surface area contributed by atoms with Crippen LogP contribution >= 0.6 is 23.2 Å². The van der Waals surface area contributed by atoms with Gasteiger partial charge in [-0.3, -0.25) is 9.69 Å². The standard InChI is InChI=1S/C20H23Cl2F2N9O/c21-11-2-1-3-12-15(11)19(34)33(32-8-6-31(7-9-32)10-13(23)24)14(28-12)4-5-27-18-16(22)17(25)29-20(26)30-18/h1-3,13H,4-10H2,(H5,25,26,27,29,30). The van der Waals surface area contributed by atoms with Gasteiger partial charge in [-0.25, -0.2) is 18.4 Å². The second kappa shape index (κ2) is 10.1. The quantitative estimate of drug-likeness (QED) is 0.432. The number of nitrogen functional groups attached to an aromatic ring is 2. The molecule has 1 fully saturated rings. The van der Waals surface area contributed by atoms with E-state index in [2.05, 4.69) is 20.3 Å². The summed E-state index contributed by atoms with van der Waals surface area (Å²) in [6.07, 6.45) is -2.09. The molecule has 0 saturated carbocycles. The van der Waals surface area contributed by atoms with Gasteiger partial charge in [0.2, 0.25) is 5.95 Å². The number of benzene rings is 1. The SMILES string of the molecule is Nc1nc(N)c(Cl)c(NCCc2nc3cccc(Cl)c3c(=O)n2N2CCN(CC(F)F)CC2)n1. The van der Waals surface area contributed by atoms with Gasteiger partial charge in [-0.1, -0.05) is 29.3 Å². The van der Waals surface area contributed by atoms with Crippen molar-refractivity contribution in [3.05, 3.63) is 44.4 Å². The van der Waals surface area contributed by atoms with Crippen LogP contribution in [0.1, 0.15) is 5.82 Å². The Morgan fingerprint density at radius 3 is 2.53 bits per heavy atom. The second-order valence-electron chi connectivity index (χ2n) is 7.73. The average Bonchev–Trinajstić information content (AvgIpc) is 2.77. The molecular formula is C20H23Cl2F2N9O. The van der Waals surface area contributed by atoms with Crippen molar-refractivity contribution in [1.29, 1.82) is 0 Å². The minimum Gasteiger partial charge on any atom is -0.382 e. The topological polar surface area (TPSA) is 131 Å². The molecule has 0 radical (unpaired) electrons. The van der Waals surface area contributed by atoms with Crippen LogP contribution in [0, 0.1) is 0 Å². The lowest BCUT2D eigenvalue weighted by Gasteiger charge is -2.37. The molecule has 3 aromatic rings. The second-order valence-corrected chi connectivity index (χ2v) is 8.52. The summed E-state index contributed by atoms with van der Waals surface area (Å²) in [5, 5.41) is 5.59. The third-order valence-corrected chi connectivity index (χ3v) is 6.14. The first kappa shape index (κ1) is 24.2. The molecule has 1 aliphatic heterocycles. The molecule has 182 valence electrons. The van der Waals surface area contributed by atoms with Gasteiger partial charge in [0, 0.05) is 39.1 Å². The van der Waals surface area contributed by atoms with Gasteiger partial charge in [0.05, 0.1) is 22.5 Å². The van der Waals surface area contributed by atoms with Crippen LogP contribution in [0.4, 0.5) is 26.4 Å². The van der Waals surface area contributed by atoms with Gasteiger partial charge in [-0.15, -0.1) is 0 Å². The highest BCUT2D eigenvalue weighted by molar-refractivity contribution is 6.35. The fourth-order valence-electron chi connectivity index (χ4n) is 3.89. The number of nitrogens with two attached hydrogens (primary N) is 2. The summed E-state index contributed by atoms with van der Waals surface area (Å²) < 4.78 is 27.0. The van der Waals surface area contributed by atoms with Crippen LogP contribution < -0.4 is 27.4 Å². The van der Waals surface area contributed by atoms with Gasteiger partial charge in [-0.2, -0.15) is 9.97 Å². The summed E-state index contributed by atoms with van der Waals surface area (Å²) in [5.74, 6) is 0.765. The van der Waals surface area contributed by atoms with E-state index < -0.39 is 6.43 Å². The van der Waals surface area contributed by atoms with Crippen molar-refractivity contribution in [2.75, 3.05) is 61.1 Å². The third-order valence-electron chi connectivity index (χ3n) is 5.45. The number of aromatic nitrogens is 4. The predicted molar refractivity (Wildman–Crippen MR) is 129 cm³/mol. The van der Waals surface area contributed by atoms with E-state index in [0.717, 1.165) is 0 Å². The molecule has 0 atom stereocenters. The molecule has 0 amide bonds. The lowest BCUT2D eigenvalue weighted by atomic mass is 10.2. The zero-order chi connectivity index (χ0) is 24.4. The zero-order valence-corrected chi connectivity index (χ0v) is 19.5. The smallest absolute Gasteiger partial charge is 0.281 e. The van der Waals surface area contributed by atoms with Gasteiger partial charge in [0.15, 0.2) is 5.82 Å². The van der Waals surface area contributed by atoms with E-state index in [1.165, 1.54) is 4.68 Å². The normalized spacial score (nSPS) is 14.8. The van der Waals surface area contributed by atoms with Crippen molar-refractivity contribution < 1.29 is 8.78 Å². The summed E-state index contributed by atoms with van der Waals surface area (Å²) in [4.78, 5) is 27.7. The highest BCUT2D eigenvalue weighted by atomic mass is 35.5. The maximum Gasteiger partial charge on any atom is 0.281 e. The predicted octanol–water partition coefficient (Wildman–Crippen LogP) is 1.83. The van der Waals surface area contributed by atoms with Crippen molar-refractivity contribution >= 4 is 51.7 Å². The number of piperazine rings is 1. The Labute approximate surface area is 203 Å². The number of anilines is 3. The maximum absolute atomic E-state index is 13.5. The van der Waals surface area contributed by atoms with E-state index in [-0.39, 0.29) is 34.7 Å². The molecule has 4 rings (SSSR count). The van der Waals surface area contributed by atoms with Crippen molar-refractivity contribution in [3.63, 3.8) is 0 Å². The highest BCUT2D eigenvalue weighted by Crippen LogP contribution is 2.25. The van der Waals surface area contributed by atoms with Gasteiger partial charge < -0.3 is 21.8 Å². The number of rotatable bonds is 7. The monoisotopic (exact) mass is 513 g/mol. The van der Waals surface area contributed by atoms with Crippen LogP contribution in [0.2, 0.25) is 10.0 Å². The fraction of sp³-hybridized carbons (Fsp3) is 0.400. The summed E-state index contributed by atoms with van der Waals surface area (Å²) in [7, 11) is 0. The zero-order valence-electron chi connectivity index (χ0n) is 18.0. The van der Waals surface area contributed by atoms with Crippen molar-refractivity contribution in [3.8, 4) is 0 Å². The van der Waals surface area contributed by atoms with E-state index in [4.69, 9.17) is 34.7 Å². The molecule has 0 unspecified atom stereocenters. The molecule has 3 heterocycles. The van der Waals surface area contributed by atoms with Crippen molar-refractivity contribution in [2.24, 2.45) is 0 Å². The molecule has 0 aliphatic carbocycles. The Kier molecular flexibility index (Phi) is 7.19. The number of hydrogen-bond acceptors (Lipinski definition) is 9. The highest BCUT2D eigenvalue weighted by Gasteiger charge is 2.24. The van der Waals surface area contributed by atoms with Crippen LogP contribution in [0.15, 0.2) is 23.0 Å². The molecule has 10 nitrogen and oxygen atoms in total. The number of nitrogens with one attached hydrogen (secondary N) is 1. The van der Waals surface area contributed by atoms with Crippen LogP contribution in [-0.4, -0.2) is 70.2 Å². The van der Waals surface area contributed by atoms with Gasteiger partial charge in [0.1, 0.15) is 16.7 Å². The van der Waals surface area contributed by atoms with Crippen LogP contribution in [0.25, 0.3) is 10.9 Å². The third kappa shape index (κ3) is 5.08. The van der Waals surface area contributed by atoms with E-state index in [1.54, 1.807) is 23.1 Å². The Balaban J connectivity index is 1.62. The van der Waals surface area contributed by atoms with Gasteiger partial charge in [-0.05, 0) is 12.1 Å². The fourth-order valence-corrected chi connectivity index (χ4v) is 4.29. The first-order valence-corrected chi connectivity index (χ1v) is 11.3. The number of fused-ring (bicyclic) bond motifs is 1. The average molecular weight is 514 g/mol. The van der Waals surface area contributed by atoms with E-state index in [9.17, 15) is 13.6 Å². The number of hydrogen-bond donors (Lipinski definition) is 3. The number of nitrogens with zero attached hydrogens (tertiary/aromatic N) is 6. The molecule has 5 N–H and O–H groups in total. The largest absolute Gasteiger partial charge is 0.382 e. The maximum atomic E-state index is 13.5. The Morgan fingerprint density at radius 2 is 1.82 bits per heavy atom. The molecular weight excluding hydrogens is 491 g/mol. The summed E-state index contributed by atoms with van der Waals surface area (Å²) in [6, 6.07) is 5.07. The molecule has 2 aromatic heterocycles. The number of halogens is 4. The van der Waals surface area contributed by atoms with Gasteiger partial charge in [0.25, 0.3) is 12.0 Å². The van der Waals surface area contributed by atoms with E-state index in [0.29, 0.717) is 60.9 Å². The molecule has 0 bridgehead atoms. The minimum atomic E-state index is -2.41. The van der Waals surface area contributed by atoms with E-state index in [1.807, 2.05) is 5.01 Å². The molecule has 14 heteroatoms. The van der Waals surface area contributed by atoms with Crippen LogP contribution in [-0.2, 0) is 6.42 Å². The molecule has 0 spiro atoms. The molecule has 1 aromatic carbocycles. The Hall–Kier alpha value is -2.96. The van der Waals surface area contributed by atoms with E-state index >= 15 is 0 Å². The first-order valence-electron chi connectivity index (χ1n) is 10.5. The molecule has 1 aliphatic rings. The lowest BCUT2D eigenvalue weighted by Crippen LogP contribution is -2.55. The Morgan fingerprint density at radius 1 is 1.09 bits per heavy atom. The van der Waals surface area contributed by atoms with Crippen LogP contribution in [0.5, 0.6) is 0 Å². The summed E-state index contributed by atoms with van der Waals surface area (Å²) in [5.41, 5.74) is 11.5. The van der Waals surface area contributed by atoms with Gasteiger partial charge >= 0.3 is 0 Å². The minimum absolute atomic E-state index is 0.0264. The lowest BCUT2D eigenvalue weighted by molar-refractivity contribution is 0.0825. The molecule has 34 heavy (non-hydrogen) atoms. The van der Waals surface area contributed by atoms with Crippen molar-refractivity contribution in [2.45, 2.75) is 12.8 Å². The number of alkyl halides is 2. The van der Waals surface area contributed by atoms with Crippen LogP contribution in [0.3, 0.4) is 0 Å². The van der Waals surface area contributed by atoms with Crippen molar-refractivity contribution in [1.82, 2.24) is 24.5 Å².